The minimum absolute atomic E-state index is 0.0446. The molecule has 164 valence electrons. The summed E-state index contributed by atoms with van der Waals surface area (Å²) < 4.78 is 6.00. The molecule has 1 aliphatic heterocycles. The van der Waals surface area contributed by atoms with Crippen LogP contribution in [0.3, 0.4) is 0 Å². The fourth-order valence-electron chi connectivity index (χ4n) is 4.14. The second kappa shape index (κ2) is 9.27. The van der Waals surface area contributed by atoms with Crippen LogP contribution in [0.5, 0.6) is 5.75 Å². The van der Waals surface area contributed by atoms with Gasteiger partial charge in [0.1, 0.15) is 5.75 Å². The Kier molecular flexibility index (Phi) is 6.26. The number of para-hydroxylation sites is 1. The Morgan fingerprint density at radius 3 is 2.44 bits per heavy atom. The number of fused-ring (bicyclic) bond motifs is 1. The van der Waals surface area contributed by atoms with E-state index in [9.17, 15) is 9.59 Å². The van der Waals surface area contributed by atoms with Crippen molar-refractivity contribution >= 4 is 17.5 Å². The molecular formula is C27H28N2O3. The van der Waals surface area contributed by atoms with E-state index < -0.39 is 6.10 Å². The predicted molar refractivity (Wildman–Crippen MR) is 126 cm³/mol. The minimum Gasteiger partial charge on any atom is -0.481 e. The van der Waals surface area contributed by atoms with Crippen molar-refractivity contribution in [2.45, 2.75) is 39.3 Å². The number of hydrogen-bond acceptors (Lipinski definition) is 3. The Balaban J connectivity index is 1.60. The van der Waals surface area contributed by atoms with Crippen molar-refractivity contribution in [1.29, 1.82) is 0 Å². The summed E-state index contributed by atoms with van der Waals surface area (Å²) in [6.07, 6.45) is 0.125. The maximum atomic E-state index is 12.6. The van der Waals surface area contributed by atoms with Gasteiger partial charge in [-0.1, -0.05) is 54.1 Å². The van der Waals surface area contributed by atoms with Crippen molar-refractivity contribution in [1.82, 2.24) is 4.90 Å². The zero-order valence-electron chi connectivity index (χ0n) is 18.7. The fourth-order valence-corrected chi connectivity index (χ4v) is 4.14. The first-order chi connectivity index (χ1) is 15.4. The molecule has 5 nitrogen and oxygen atoms in total. The van der Waals surface area contributed by atoms with Gasteiger partial charge in [-0.25, -0.2) is 0 Å². The standard InChI is InChI=1S/C27H28N2O3/c1-18-9-11-22(12-10-18)26-25-17-24(14-13-21(25)15-16-29(26)20(3)30)32-19(2)27(31)28-23-7-5-4-6-8-23/h4-14,17,19,26H,15-16H2,1-3H3,(H,28,31). The van der Waals surface area contributed by atoms with Crippen molar-refractivity contribution in [2.24, 2.45) is 0 Å². The number of nitrogens with one attached hydrogen (secondary N) is 1. The molecule has 2 unspecified atom stereocenters. The fraction of sp³-hybridized carbons (Fsp3) is 0.259. The van der Waals surface area contributed by atoms with Crippen LogP contribution >= 0.6 is 0 Å². The average Bonchev–Trinajstić information content (AvgIpc) is 2.79. The van der Waals surface area contributed by atoms with Crippen LogP contribution in [0.1, 0.15) is 42.1 Å². The summed E-state index contributed by atoms with van der Waals surface area (Å²) in [4.78, 5) is 26.9. The molecule has 2 amide bonds. The molecule has 1 aliphatic rings. The summed E-state index contributed by atoms with van der Waals surface area (Å²) in [7, 11) is 0. The first-order valence-corrected chi connectivity index (χ1v) is 10.9. The van der Waals surface area contributed by atoms with Crippen molar-refractivity contribution in [3.05, 3.63) is 95.1 Å². The number of amides is 2. The zero-order valence-corrected chi connectivity index (χ0v) is 18.7. The van der Waals surface area contributed by atoms with Crippen molar-refractivity contribution in [2.75, 3.05) is 11.9 Å². The number of benzene rings is 3. The van der Waals surface area contributed by atoms with Gasteiger partial charge in [-0.2, -0.15) is 0 Å². The first kappa shape index (κ1) is 21.6. The normalized spacial score (nSPS) is 16.1. The topological polar surface area (TPSA) is 58.6 Å². The van der Waals surface area contributed by atoms with Crippen LogP contribution < -0.4 is 10.1 Å². The van der Waals surface area contributed by atoms with Crippen molar-refractivity contribution < 1.29 is 14.3 Å². The van der Waals surface area contributed by atoms with Crippen LogP contribution in [-0.4, -0.2) is 29.4 Å². The number of rotatable bonds is 5. The van der Waals surface area contributed by atoms with Gasteiger partial charge in [0, 0.05) is 19.2 Å². The maximum Gasteiger partial charge on any atom is 0.265 e. The summed E-state index contributed by atoms with van der Waals surface area (Å²) in [5, 5.41) is 2.87. The molecule has 0 fully saturated rings. The van der Waals surface area contributed by atoms with E-state index in [1.807, 2.05) is 53.4 Å². The van der Waals surface area contributed by atoms with Gasteiger partial charge in [0.2, 0.25) is 5.91 Å². The van der Waals surface area contributed by atoms with Crippen LogP contribution in [0.15, 0.2) is 72.8 Å². The van der Waals surface area contributed by atoms with Crippen LogP contribution in [0.25, 0.3) is 0 Å². The maximum absolute atomic E-state index is 12.6. The van der Waals surface area contributed by atoms with E-state index in [1.54, 1.807) is 13.8 Å². The van der Waals surface area contributed by atoms with Crippen molar-refractivity contribution in [3.8, 4) is 5.75 Å². The predicted octanol–water partition coefficient (Wildman–Crippen LogP) is 4.90. The number of aryl methyl sites for hydroxylation is 1. The summed E-state index contributed by atoms with van der Waals surface area (Å²) >= 11 is 0. The smallest absolute Gasteiger partial charge is 0.265 e. The lowest BCUT2D eigenvalue weighted by molar-refractivity contribution is -0.130. The number of anilines is 1. The van der Waals surface area contributed by atoms with Gasteiger partial charge in [0.05, 0.1) is 6.04 Å². The molecule has 3 aromatic rings. The zero-order chi connectivity index (χ0) is 22.7. The van der Waals surface area contributed by atoms with Gasteiger partial charge in [-0.3, -0.25) is 9.59 Å². The van der Waals surface area contributed by atoms with Gasteiger partial charge in [0.15, 0.2) is 6.10 Å². The van der Waals surface area contributed by atoms with E-state index in [4.69, 9.17) is 4.74 Å². The van der Waals surface area contributed by atoms with E-state index in [1.165, 1.54) is 11.1 Å². The Morgan fingerprint density at radius 1 is 1.03 bits per heavy atom. The van der Waals surface area contributed by atoms with Gasteiger partial charge >= 0.3 is 0 Å². The van der Waals surface area contributed by atoms with Crippen molar-refractivity contribution in [3.63, 3.8) is 0 Å². The molecule has 0 aliphatic carbocycles. The van der Waals surface area contributed by atoms with Gasteiger partial charge in [-0.15, -0.1) is 0 Å². The monoisotopic (exact) mass is 428 g/mol. The third-order valence-electron chi connectivity index (χ3n) is 5.87. The van der Waals surface area contributed by atoms with E-state index in [-0.39, 0.29) is 17.9 Å². The van der Waals surface area contributed by atoms with Crippen LogP contribution in [0.4, 0.5) is 5.69 Å². The molecule has 0 aromatic heterocycles. The third-order valence-corrected chi connectivity index (χ3v) is 5.87. The quantitative estimate of drug-likeness (QED) is 0.629. The molecule has 0 radical (unpaired) electrons. The van der Waals surface area contributed by atoms with E-state index >= 15 is 0 Å². The summed E-state index contributed by atoms with van der Waals surface area (Å²) in [6.45, 7) is 6.08. The number of ether oxygens (including phenoxy) is 1. The highest BCUT2D eigenvalue weighted by atomic mass is 16.5. The molecule has 4 rings (SSSR count). The molecule has 0 saturated carbocycles. The highest BCUT2D eigenvalue weighted by Gasteiger charge is 2.31. The van der Waals surface area contributed by atoms with E-state index in [2.05, 4.69) is 36.5 Å². The Labute approximate surface area is 189 Å². The largest absolute Gasteiger partial charge is 0.481 e. The van der Waals surface area contributed by atoms with E-state index in [0.717, 1.165) is 23.2 Å². The average molecular weight is 429 g/mol. The molecule has 0 bridgehead atoms. The highest BCUT2D eigenvalue weighted by Crippen LogP contribution is 2.37. The molecule has 5 heteroatoms. The van der Waals surface area contributed by atoms with E-state index in [0.29, 0.717) is 12.3 Å². The van der Waals surface area contributed by atoms with Crippen LogP contribution in [0, 0.1) is 6.92 Å². The number of nitrogens with zero attached hydrogens (tertiary/aromatic N) is 1. The Hall–Kier alpha value is -3.60. The van der Waals surface area contributed by atoms with Crippen LogP contribution in [0.2, 0.25) is 0 Å². The summed E-state index contributed by atoms with van der Waals surface area (Å²) in [5.74, 6) is 0.444. The van der Waals surface area contributed by atoms with Crippen LogP contribution in [-0.2, 0) is 16.0 Å². The molecule has 3 aromatic carbocycles. The Morgan fingerprint density at radius 2 is 1.75 bits per heavy atom. The summed E-state index contributed by atoms with van der Waals surface area (Å²) in [6, 6.07) is 23.4. The lowest BCUT2D eigenvalue weighted by atomic mass is 9.87. The first-order valence-electron chi connectivity index (χ1n) is 10.9. The molecule has 1 N–H and O–H groups in total. The molecular weight excluding hydrogens is 400 g/mol. The SMILES string of the molecule is CC(=O)N1CCc2ccc(OC(C)C(=O)Nc3ccccc3)cc2C1c1ccc(C)cc1. The molecule has 32 heavy (non-hydrogen) atoms. The third kappa shape index (κ3) is 4.67. The van der Waals surface area contributed by atoms with Gasteiger partial charge < -0.3 is 15.0 Å². The number of hydrogen-bond donors (Lipinski definition) is 1. The molecule has 0 spiro atoms. The number of carbonyl (C=O) groups excluding carboxylic acids is 2. The second-order valence-corrected chi connectivity index (χ2v) is 8.25. The highest BCUT2D eigenvalue weighted by molar-refractivity contribution is 5.94. The molecule has 2 atom stereocenters. The molecule has 1 heterocycles. The molecule has 0 saturated heterocycles. The van der Waals surface area contributed by atoms with Gasteiger partial charge in [-0.05, 0) is 61.2 Å². The lowest BCUT2D eigenvalue weighted by Gasteiger charge is -2.37. The Bertz CT molecular complexity index is 1110. The lowest BCUT2D eigenvalue weighted by Crippen LogP contribution is -2.39. The van der Waals surface area contributed by atoms with Gasteiger partial charge in [0.25, 0.3) is 5.91 Å². The second-order valence-electron chi connectivity index (χ2n) is 8.25. The minimum atomic E-state index is -0.668. The number of carbonyl (C=O) groups is 2. The summed E-state index contributed by atoms with van der Waals surface area (Å²) in [5.41, 5.74) is 5.22.